The van der Waals surface area contributed by atoms with Crippen LogP contribution in [-0.4, -0.2) is 49.7 Å². The number of halogens is 1. The molecule has 0 bridgehead atoms. The zero-order chi connectivity index (χ0) is 14.9. The summed E-state index contributed by atoms with van der Waals surface area (Å²) >= 11 is 6.05. The number of aliphatic hydroxyl groups is 1. The van der Waals surface area contributed by atoms with Crippen molar-refractivity contribution in [2.45, 2.75) is 31.0 Å². The summed E-state index contributed by atoms with van der Waals surface area (Å²) in [5, 5.41) is 9.39. The minimum atomic E-state index is -3.68. The third-order valence-corrected chi connectivity index (χ3v) is 5.52. The SMILES string of the molecule is Cc1ccc(S(=O)(=O)N2CC(C)OC(CO)C2)c(Cl)c1. The molecule has 1 aromatic rings. The van der Waals surface area contributed by atoms with Gasteiger partial charge >= 0.3 is 0 Å². The third kappa shape index (κ3) is 3.15. The second kappa shape index (κ2) is 5.99. The first-order valence-electron chi connectivity index (χ1n) is 6.37. The fourth-order valence-electron chi connectivity index (χ4n) is 2.25. The van der Waals surface area contributed by atoms with Gasteiger partial charge in [0.1, 0.15) is 4.90 Å². The Balaban J connectivity index is 2.34. The Morgan fingerprint density at radius 1 is 1.45 bits per heavy atom. The average Bonchev–Trinajstić information content (AvgIpc) is 2.37. The van der Waals surface area contributed by atoms with Crippen molar-refractivity contribution >= 4 is 21.6 Å². The summed E-state index contributed by atoms with van der Waals surface area (Å²) in [6.07, 6.45) is -0.766. The molecule has 5 nitrogen and oxygen atoms in total. The number of benzene rings is 1. The maximum Gasteiger partial charge on any atom is 0.244 e. The number of aryl methyl sites for hydroxylation is 1. The molecular formula is C13H18ClNO4S. The van der Waals surface area contributed by atoms with Crippen LogP contribution in [0.3, 0.4) is 0 Å². The van der Waals surface area contributed by atoms with E-state index in [1.165, 1.54) is 10.4 Å². The first-order chi connectivity index (χ1) is 9.34. The van der Waals surface area contributed by atoms with Gasteiger partial charge in [0.05, 0.1) is 23.8 Å². The summed E-state index contributed by atoms with van der Waals surface area (Å²) in [5.74, 6) is 0. The standard InChI is InChI=1S/C13H18ClNO4S/c1-9-3-4-13(12(14)5-9)20(17,18)15-6-10(2)19-11(7-15)8-16/h3-5,10-11,16H,6-8H2,1-2H3. The molecule has 0 saturated carbocycles. The van der Waals surface area contributed by atoms with Crippen molar-refractivity contribution in [3.05, 3.63) is 28.8 Å². The van der Waals surface area contributed by atoms with Gasteiger partial charge in [-0.15, -0.1) is 0 Å². The smallest absolute Gasteiger partial charge is 0.244 e. The topological polar surface area (TPSA) is 66.8 Å². The van der Waals surface area contributed by atoms with Crippen molar-refractivity contribution < 1.29 is 18.3 Å². The van der Waals surface area contributed by atoms with Crippen LogP contribution >= 0.6 is 11.6 Å². The van der Waals surface area contributed by atoms with Crippen LogP contribution in [0.1, 0.15) is 12.5 Å². The maximum atomic E-state index is 12.6. The lowest BCUT2D eigenvalue weighted by Gasteiger charge is -2.35. The predicted molar refractivity (Wildman–Crippen MR) is 76.4 cm³/mol. The largest absolute Gasteiger partial charge is 0.394 e. The normalized spacial score (nSPS) is 24.8. The van der Waals surface area contributed by atoms with E-state index in [-0.39, 0.29) is 35.7 Å². The Hall–Kier alpha value is -0.660. The van der Waals surface area contributed by atoms with Gasteiger partial charge < -0.3 is 9.84 Å². The Morgan fingerprint density at radius 2 is 2.15 bits per heavy atom. The second-order valence-corrected chi connectivity index (χ2v) is 7.32. The highest BCUT2D eigenvalue weighted by molar-refractivity contribution is 7.89. The molecular weight excluding hydrogens is 302 g/mol. The Kier molecular flexibility index (Phi) is 4.71. The minimum Gasteiger partial charge on any atom is -0.394 e. The van der Waals surface area contributed by atoms with Crippen LogP contribution in [0, 0.1) is 6.92 Å². The molecule has 1 aliphatic heterocycles. The lowest BCUT2D eigenvalue weighted by Crippen LogP contribution is -2.50. The van der Waals surface area contributed by atoms with Crippen LogP contribution in [0.5, 0.6) is 0 Å². The quantitative estimate of drug-likeness (QED) is 0.915. The van der Waals surface area contributed by atoms with Gasteiger partial charge in [0.25, 0.3) is 0 Å². The highest BCUT2D eigenvalue weighted by Gasteiger charge is 2.34. The molecule has 20 heavy (non-hydrogen) atoms. The minimum absolute atomic E-state index is 0.0931. The van der Waals surface area contributed by atoms with Gasteiger partial charge in [0, 0.05) is 13.1 Å². The Bertz CT molecular complexity index is 590. The fourth-order valence-corrected chi connectivity index (χ4v) is 4.37. The lowest BCUT2D eigenvalue weighted by atomic mass is 10.2. The second-order valence-electron chi connectivity index (χ2n) is 5.01. The van der Waals surface area contributed by atoms with Gasteiger partial charge in [-0.05, 0) is 31.5 Å². The van der Waals surface area contributed by atoms with Gasteiger partial charge in [-0.2, -0.15) is 4.31 Å². The lowest BCUT2D eigenvalue weighted by molar-refractivity contribution is -0.0750. The zero-order valence-corrected chi connectivity index (χ0v) is 13.0. The van der Waals surface area contributed by atoms with Crippen LogP contribution in [0.4, 0.5) is 0 Å². The molecule has 0 aromatic heterocycles. The third-order valence-electron chi connectivity index (χ3n) is 3.20. The number of sulfonamides is 1. The highest BCUT2D eigenvalue weighted by Crippen LogP contribution is 2.27. The molecule has 1 fully saturated rings. The van der Waals surface area contributed by atoms with Gasteiger partial charge in [0.2, 0.25) is 10.0 Å². The molecule has 1 N–H and O–H groups in total. The molecule has 2 unspecified atom stereocenters. The predicted octanol–water partition coefficient (Wildman–Crippen LogP) is 1.42. The van der Waals surface area contributed by atoms with Crippen LogP contribution in [0.25, 0.3) is 0 Å². The number of morpholine rings is 1. The zero-order valence-electron chi connectivity index (χ0n) is 11.4. The van der Waals surface area contributed by atoms with Crippen molar-refractivity contribution in [2.24, 2.45) is 0 Å². The number of hydrogen-bond donors (Lipinski definition) is 1. The summed E-state index contributed by atoms with van der Waals surface area (Å²) in [4.78, 5) is 0.0931. The van der Waals surface area contributed by atoms with E-state index in [0.717, 1.165) is 5.56 Å². The first-order valence-corrected chi connectivity index (χ1v) is 8.19. The molecule has 112 valence electrons. The summed E-state index contributed by atoms with van der Waals surface area (Å²) in [7, 11) is -3.68. The van der Waals surface area contributed by atoms with Gasteiger partial charge in [-0.1, -0.05) is 17.7 Å². The number of rotatable bonds is 3. The highest BCUT2D eigenvalue weighted by atomic mass is 35.5. The molecule has 2 atom stereocenters. The van der Waals surface area contributed by atoms with Crippen LogP contribution in [-0.2, 0) is 14.8 Å². The fraction of sp³-hybridized carbons (Fsp3) is 0.538. The average molecular weight is 320 g/mol. The van der Waals surface area contributed by atoms with Crippen LogP contribution in [0.2, 0.25) is 5.02 Å². The Morgan fingerprint density at radius 3 is 2.75 bits per heavy atom. The number of ether oxygens (including phenoxy) is 1. The molecule has 1 aromatic carbocycles. The molecule has 1 heterocycles. The van der Waals surface area contributed by atoms with Crippen molar-refractivity contribution in [1.82, 2.24) is 4.31 Å². The molecule has 0 spiro atoms. The monoisotopic (exact) mass is 319 g/mol. The number of hydrogen-bond acceptors (Lipinski definition) is 4. The Labute approximate surface area is 124 Å². The van der Waals surface area contributed by atoms with Gasteiger partial charge in [0.15, 0.2) is 0 Å². The van der Waals surface area contributed by atoms with E-state index in [4.69, 9.17) is 16.3 Å². The molecule has 0 amide bonds. The summed E-state index contributed by atoms with van der Waals surface area (Å²) in [6.45, 7) is 3.80. The van der Waals surface area contributed by atoms with E-state index in [1.807, 2.05) is 6.92 Å². The molecule has 1 saturated heterocycles. The van der Waals surface area contributed by atoms with Gasteiger partial charge in [-0.3, -0.25) is 0 Å². The first kappa shape index (κ1) is 15.7. The summed E-state index contributed by atoms with van der Waals surface area (Å²) < 4.78 is 32.0. The van der Waals surface area contributed by atoms with E-state index in [2.05, 4.69) is 0 Å². The van der Waals surface area contributed by atoms with Crippen molar-refractivity contribution in [1.29, 1.82) is 0 Å². The molecule has 2 rings (SSSR count). The van der Waals surface area contributed by atoms with Crippen molar-refractivity contribution in [3.63, 3.8) is 0 Å². The number of nitrogens with zero attached hydrogens (tertiary/aromatic N) is 1. The van der Waals surface area contributed by atoms with E-state index in [1.54, 1.807) is 19.1 Å². The summed E-state index contributed by atoms with van der Waals surface area (Å²) in [5.41, 5.74) is 0.900. The van der Waals surface area contributed by atoms with E-state index in [9.17, 15) is 13.5 Å². The van der Waals surface area contributed by atoms with Crippen molar-refractivity contribution in [3.8, 4) is 0 Å². The molecule has 0 aliphatic carbocycles. The molecule has 1 aliphatic rings. The van der Waals surface area contributed by atoms with Crippen molar-refractivity contribution in [2.75, 3.05) is 19.7 Å². The molecule has 0 radical (unpaired) electrons. The van der Waals surface area contributed by atoms with Crippen LogP contribution in [0.15, 0.2) is 23.1 Å². The maximum absolute atomic E-state index is 12.6. The van der Waals surface area contributed by atoms with Crippen LogP contribution < -0.4 is 0 Å². The van der Waals surface area contributed by atoms with E-state index >= 15 is 0 Å². The van der Waals surface area contributed by atoms with E-state index < -0.39 is 16.1 Å². The number of aliphatic hydroxyl groups excluding tert-OH is 1. The van der Waals surface area contributed by atoms with E-state index in [0.29, 0.717) is 0 Å². The van der Waals surface area contributed by atoms with Gasteiger partial charge in [-0.25, -0.2) is 8.42 Å². The molecule has 7 heteroatoms. The summed E-state index contributed by atoms with van der Waals surface area (Å²) in [6, 6.07) is 4.86.